The van der Waals surface area contributed by atoms with Crippen molar-refractivity contribution in [2.75, 3.05) is 6.61 Å². The van der Waals surface area contributed by atoms with E-state index in [0.29, 0.717) is 29.7 Å². The van der Waals surface area contributed by atoms with Crippen molar-refractivity contribution >= 4 is 22.8 Å². The summed E-state index contributed by atoms with van der Waals surface area (Å²) in [4.78, 5) is 36.0. The van der Waals surface area contributed by atoms with Gasteiger partial charge in [0, 0.05) is 5.56 Å². The average molecular weight is 401 g/mol. The second-order valence-electron chi connectivity index (χ2n) is 8.07. The molecular formula is C22H27NO6. The third-order valence-corrected chi connectivity index (χ3v) is 5.13. The lowest BCUT2D eigenvalue weighted by Gasteiger charge is -2.19. The van der Waals surface area contributed by atoms with E-state index in [0.717, 1.165) is 35.8 Å². The van der Waals surface area contributed by atoms with Crippen LogP contribution in [-0.4, -0.2) is 29.6 Å². The fourth-order valence-corrected chi connectivity index (χ4v) is 3.85. The number of benzene rings is 1. The van der Waals surface area contributed by atoms with Crippen LogP contribution in [-0.2, 0) is 22.4 Å². The van der Waals surface area contributed by atoms with Crippen LogP contribution in [0.2, 0.25) is 0 Å². The molecule has 0 unspecified atom stereocenters. The Morgan fingerprint density at radius 2 is 1.90 bits per heavy atom. The van der Waals surface area contributed by atoms with Gasteiger partial charge in [0.2, 0.25) is 0 Å². The molecule has 7 heteroatoms. The summed E-state index contributed by atoms with van der Waals surface area (Å²) in [6.45, 7) is 5.34. The molecule has 2 N–H and O–H groups in total. The smallest absolute Gasteiger partial charge is 0.339 e. The summed E-state index contributed by atoms with van der Waals surface area (Å²) in [7, 11) is 0. The summed E-state index contributed by atoms with van der Waals surface area (Å²) in [6.07, 6.45) is 3.71. The molecule has 1 heterocycles. The zero-order chi connectivity index (χ0) is 21.1. The molecule has 1 aliphatic rings. The third-order valence-electron chi connectivity index (χ3n) is 5.13. The van der Waals surface area contributed by atoms with Crippen LogP contribution in [0.4, 0.5) is 0 Å². The van der Waals surface area contributed by atoms with Gasteiger partial charge in [0.15, 0.2) is 6.61 Å². The van der Waals surface area contributed by atoms with Crippen LogP contribution in [0, 0.1) is 12.8 Å². The number of fused-ring (bicyclic) bond motifs is 3. The number of aryl methyl sites for hydroxylation is 2. The molecule has 0 saturated heterocycles. The minimum Gasteiger partial charge on any atom is -0.483 e. The molecular weight excluding hydrogens is 374 g/mol. The molecule has 1 atom stereocenters. The number of nitrogens with one attached hydrogen (secondary N) is 1. The molecule has 0 saturated carbocycles. The quantitative estimate of drug-likeness (QED) is 0.691. The fourth-order valence-electron chi connectivity index (χ4n) is 3.85. The van der Waals surface area contributed by atoms with Crippen LogP contribution >= 0.6 is 0 Å². The van der Waals surface area contributed by atoms with E-state index < -0.39 is 17.9 Å². The van der Waals surface area contributed by atoms with Gasteiger partial charge in [-0.2, -0.15) is 0 Å². The van der Waals surface area contributed by atoms with Gasteiger partial charge in [-0.05, 0) is 68.2 Å². The van der Waals surface area contributed by atoms with E-state index in [1.165, 1.54) is 0 Å². The molecule has 156 valence electrons. The Balaban J connectivity index is 1.85. The summed E-state index contributed by atoms with van der Waals surface area (Å²) < 4.78 is 11.3. The van der Waals surface area contributed by atoms with Gasteiger partial charge in [-0.3, -0.25) is 4.79 Å². The van der Waals surface area contributed by atoms with Crippen molar-refractivity contribution in [3.05, 3.63) is 39.2 Å². The predicted molar refractivity (Wildman–Crippen MR) is 108 cm³/mol. The van der Waals surface area contributed by atoms with Crippen molar-refractivity contribution in [1.29, 1.82) is 0 Å². The number of carboxylic acid groups (broad SMARTS) is 1. The first-order chi connectivity index (χ1) is 13.8. The Hall–Kier alpha value is -2.83. The van der Waals surface area contributed by atoms with Crippen LogP contribution in [0.25, 0.3) is 11.0 Å². The molecule has 3 rings (SSSR count). The van der Waals surface area contributed by atoms with Crippen molar-refractivity contribution in [2.45, 2.75) is 58.9 Å². The lowest BCUT2D eigenvalue weighted by atomic mass is 9.90. The largest absolute Gasteiger partial charge is 0.483 e. The van der Waals surface area contributed by atoms with E-state index in [2.05, 4.69) is 5.32 Å². The van der Waals surface area contributed by atoms with Gasteiger partial charge < -0.3 is 19.6 Å². The number of rotatable bonds is 7. The van der Waals surface area contributed by atoms with Crippen molar-refractivity contribution in [1.82, 2.24) is 5.32 Å². The SMILES string of the molecule is Cc1cc(OCC(=O)N[C@@H](CC(C)C)C(=O)O)c2c3c(c(=O)oc2c1)CCCC3. The molecule has 0 spiro atoms. The Kier molecular flexibility index (Phi) is 6.25. The Morgan fingerprint density at radius 3 is 2.55 bits per heavy atom. The van der Waals surface area contributed by atoms with E-state index >= 15 is 0 Å². The van der Waals surface area contributed by atoms with Gasteiger partial charge in [-0.25, -0.2) is 9.59 Å². The zero-order valence-electron chi connectivity index (χ0n) is 17.0. The molecule has 0 bridgehead atoms. The predicted octanol–water partition coefficient (Wildman–Crippen LogP) is 2.97. The third kappa shape index (κ3) is 4.78. The van der Waals surface area contributed by atoms with Gasteiger partial charge in [-0.1, -0.05) is 13.8 Å². The number of hydrogen-bond donors (Lipinski definition) is 2. The fraction of sp³-hybridized carbons (Fsp3) is 0.500. The molecule has 0 aliphatic heterocycles. The first kappa shape index (κ1) is 20.9. The highest BCUT2D eigenvalue weighted by molar-refractivity contribution is 5.89. The summed E-state index contributed by atoms with van der Waals surface area (Å²) in [5, 5.41) is 12.5. The monoisotopic (exact) mass is 401 g/mol. The Morgan fingerprint density at radius 1 is 1.21 bits per heavy atom. The molecule has 29 heavy (non-hydrogen) atoms. The van der Waals surface area contributed by atoms with Crippen molar-refractivity contribution in [2.24, 2.45) is 5.92 Å². The molecule has 0 radical (unpaired) electrons. The van der Waals surface area contributed by atoms with Gasteiger partial charge >= 0.3 is 11.6 Å². The first-order valence-corrected chi connectivity index (χ1v) is 10.0. The number of amides is 1. The zero-order valence-corrected chi connectivity index (χ0v) is 17.0. The maximum atomic E-state index is 12.3. The van der Waals surface area contributed by atoms with Crippen LogP contribution in [0.1, 0.15) is 49.8 Å². The first-order valence-electron chi connectivity index (χ1n) is 10.0. The summed E-state index contributed by atoms with van der Waals surface area (Å²) >= 11 is 0. The maximum absolute atomic E-state index is 12.3. The maximum Gasteiger partial charge on any atom is 0.339 e. The van der Waals surface area contributed by atoms with Crippen LogP contribution in [0.3, 0.4) is 0 Å². The van der Waals surface area contributed by atoms with E-state index in [-0.39, 0.29) is 18.2 Å². The molecule has 0 fully saturated rings. The minimum absolute atomic E-state index is 0.132. The molecule has 1 aliphatic carbocycles. The number of aliphatic carboxylic acids is 1. The number of ether oxygens (including phenoxy) is 1. The van der Waals surface area contributed by atoms with Crippen molar-refractivity contribution in [3.63, 3.8) is 0 Å². The lowest BCUT2D eigenvalue weighted by Crippen LogP contribution is -2.43. The van der Waals surface area contributed by atoms with Crippen LogP contribution in [0.15, 0.2) is 21.3 Å². The molecule has 1 amide bonds. The highest BCUT2D eigenvalue weighted by atomic mass is 16.5. The lowest BCUT2D eigenvalue weighted by molar-refractivity contribution is -0.142. The van der Waals surface area contributed by atoms with Gasteiger partial charge in [0.1, 0.15) is 17.4 Å². The van der Waals surface area contributed by atoms with Crippen molar-refractivity contribution in [3.8, 4) is 5.75 Å². The second-order valence-corrected chi connectivity index (χ2v) is 8.07. The number of carboxylic acids is 1. The summed E-state index contributed by atoms with van der Waals surface area (Å²) in [6, 6.07) is 2.65. The summed E-state index contributed by atoms with van der Waals surface area (Å²) in [5.74, 6) is -0.955. The van der Waals surface area contributed by atoms with Crippen molar-refractivity contribution < 1.29 is 23.8 Å². The molecule has 1 aromatic heterocycles. The topological polar surface area (TPSA) is 106 Å². The number of carbonyl (C=O) groups is 2. The average Bonchev–Trinajstić information content (AvgIpc) is 2.65. The molecule has 7 nitrogen and oxygen atoms in total. The van der Waals surface area contributed by atoms with E-state index in [1.807, 2.05) is 26.8 Å². The standard InChI is InChI=1S/C22H27NO6/c1-12(2)8-16(21(25)26)23-19(24)11-28-17-9-13(3)10-18-20(17)14-6-4-5-7-15(14)22(27)29-18/h9-10,12,16H,4-8,11H2,1-3H3,(H,23,24)(H,25,26)/t16-/m0/s1. The van der Waals surface area contributed by atoms with Gasteiger partial charge in [-0.15, -0.1) is 0 Å². The van der Waals surface area contributed by atoms with E-state index in [4.69, 9.17) is 9.15 Å². The molecule has 1 aromatic carbocycles. The Bertz CT molecular complexity index is 991. The highest BCUT2D eigenvalue weighted by Gasteiger charge is 2.23. The van der Waals surface area contributed by atoms with E-state index in [1.54, 1.807) is 6.07 Å². The number of hydrogen-bond acceptors (Lipinski definition) is 5. The Labute approximate surface area is 169 Å². The number of carbonyl (C=O) groups excluding carboxylic acids is 1. The second kappa shape index (κ2) is 8.68. The van der Waals surface area contributed by atoms with Crippen LogP contribution in [0.5, 0.6) is 5.75 Å². The normalized spacial score (nSPS) is 14.5. The van der Waals surface area contributed by atoms with E-state index in [9.17, 15) is 19.5 Å². The van der Waals surface area contributed by atoms with Gasteiger partial charge in [0.25, 0.3) is 5.91 Å². The highest BCUT2D eigenvalue weighted by Crippen LogP contribution is 2.34. The summed E-state index contributed by atoms with van der Waals surface area (Å²) in [5.41, 5.74) is 2.61. The van der Waals surface area contributed by atoms with Crippen LogP contribution < -0.4 is 15.7 Å². The van der Waals surface area contributed by atoms with Gasteiger partial charge in [0.05, 0.1) is 5.39 Å². The minimum atomic E-state index is -1.07. The molecule has 2 aromatic rings.